The summed E-state index contributed by atoms with van der Waals surface area (Å²) >= 11 is 0. The Labute approximate surface area is 160 Å². The number of hydrogen-bond donors (Lipinski definition) is 3. The van der Waals surface area contributed by atoms with Crippen molar-refractivity contribution >= 4 is 41.9 Å². The van der Waals surface area contributed by atoms with E-state index in [1.807, 2.05) is 14.0 Å². The molecule has 0 aromatic heterocycles. The number of likely N-dealkylation sites (tertiary alicyclic amines) is 1. The van der Waals surface area contributed by atoms with Crippen LogP contribution >= 0.6 is 24.0 Å². The van der Waals surface area contributed by atoms with Gasteiger partial charge in [0.1, 0.15) is 5.54 Å². The van der Waals surface area contributed by atoms with Crippen LogP contribution in [0, 0.1) is 11.8 Å². The predicted molar refractivity (Wildman–Crippen MR) is 103 cm³/mol. The Morgan fingerprint density at radius 3 is 2.46 bits per heavy atom. The van der Waals surface area contributed by atoms with Gasteiger partial charge in [0, 0.05) is 26.7 Å². The maximum Gasteiger partial charge on any atom is 0.322 e. The number of rotatable bonds is 4. The van der Waals surface area contributed by atoms with E-state index >= 15 is 0 Å². The lowest BCUT2D eigenvalue weighted by Crippen LogP contribution is -2.55. The molecule has 24 heavy (non-hydrogen) atoms. The van der Waals surface area contributed by atoms with Gasteiger partial charge in [0.15, 0.2) is 5.96 Å². The third-order valence-corrected chi connectivity index (χ3v) is 5.43. The minimum absolute atomic E-state index is 0. The summed E-state index contributed by atoms with van der Waals surface area (Å²) in [7, 11) is 1.82. The van der Waals surface area contributed by atoms with Crippen molar-refractivity contribution in [3.8, 4) is 0 Å². The van der Waals surface area contributed by atoms with Crippen LogP contribution < -0.4 is 16.0 Å². The van der Waals surface area contributed by atoms with E-state index in [-0.39, 0.29) is 41.8 Å². The molecular weight excluding hydrogens is 421 g/mol. The standard InChI is InChI=1S/C16H27N5O2.HI/c1-16(13(22)19-15(23)20-16)12-6-9-21(10-7-12)14(17-2)18-8-5-11-3-4-11;/h11-12H,3-10H2,1-2H3,(H,17,18)(H2,19,20,22,23);1H. The lowest BCUT2D eigenvalue weighted by atomic mass is 9.79. The van der Waals surface area contributed by atoms with Crippen LogP contribution in [0.5, 0.6) is 0 Å². The Bertz CT molecular complexity index is 515. The first kappa shape index (κ1) is 19.3. The number of carbonyl (C=O) groups excluding carboxylic acids is 2. The molecule has 3 N–H and O–H groups in total. The molecule has 136 valence electrons. The molecule has 1 atom stereocenters. The quantitative estimate of drug-likeness (QED) is 0.261. The van der Waals surface area contributed by atoms with Crippen molar-refractivity contribution in [1.82, 2.24) is 20.9 Å². The van der Waals surface area contributed by atoms with E-state index in [1.54, 1.807) is 0 Å². The number of nitrogens with zero attached hydrogens (tertiary/aromatic N) is 2. The topological polar surface area (TPSA) is 85.8 Å². The molecule has 3 rings (SSSR count). The number of halogens is 1. The Morgan fingerprint density at radius 1 is 1.29 bits per heavy atom. The van der Waals surface area contributed by atoms with Crippen LogP contribution in [0.15, 0.2) is 4.99 Å². The van der Waals surface area contributed by atoms with Crippen LogP contribution in [0.2, 0.25) is 0 Å². The van der Waals surface area contributed by atoms with E-state index in [9.17, 15) is 9.59 Å². The van der Waals surface area contributed by atoms with Crippen LogP contribution in [-0.2, 0) is 4.79 Å². The van der Waals surface area contributed by atoms with Gasteiger partial charge < -0.3 is 15.5 Å². The molecule has 0 aromatic rings. The lowest BCUT2D eigenvalue weighted by molar-refractivity contribution is -0.125. The zero-order chi connectivity index (χ0) is 16.4. The molecule has 3 amide bonds. The SMILES string of the molecule is CN=C(NCCC1CC1)N1CCC(C2(C)NC(=O)NC2=O)CC1.I. The molecule has 0 spiro atoms. The summed E-state index contributed by atoms with van der Waals surface area (Å²) in [5.41, 5.74) is -0.772. The summed E-state index contributed by atoms with van der Waals surface area (Å²) in [5.74, 6) is 1.83. The molecule has 7 nitrogen and oxygen atoms in total. The number of amides is 3. The van der Waals surface area contributed by atoms with E-state index in [1.165, 1.54) is 19.3 Å². The van der Waals surface area contributed by atoms with Crippen LogP contribution in [0.4, 0.5) is 4.79 Å². The van der Waals surface area contributed by atoms with Crippen molar-refractivity contribution in [1.29, 1.82) is 0 Å². The number of piperidine rings is 1. The fourth-order valence-corrected chi connectivity index (χ4v) is 3.64. The van der Waals surface area contributed by atoms with Crippen molar-refractivity contribution < 1.29 is 9.59 Å². The number of nitrogens with one attached hydrogen (secondary N) is 3. The molecule has 1 saturated carbocycles. The highest BCUT2D eigenvalue weighted by atomic mass is 127. The third-order valence-electron chi connectivity index (χ3n) is 5.43. The number of aliphatic imine (C=N–C) groups is 1. The second kappa shape index (κ2) is 7.88. The first-order chi connectivity index (χ1) is 11.0. The molecule has 1 unspecified atom stereocenters. The van der Waals surface area contributed by atoms with E-state index < -0.39 is 5.54 Å². The molecular formula is C16H28IN5O2. The van der Waals surface area contributed by atoms with Gasteiger partial charge in [-0.3, -0.25) is 15.1 Å². The van der Waals surface area contributed by atoms with Gasteiger partial charge in [-0.25, -0.2) is 4.79 Å². The molecule has 0 radical (unpaired) electrons. The lowest BCUT2D eigenvalue weighted by Gasteiger charge is -2.39. The van der Waals surface area contributed by atoms with E-state index in [2.05, 4.69) is 25.8 Å². The average molecular weight is 449 g/mol. The minimum atomic E-state index is -0.772. The summed E-state index contributed by atoms with van der Waals surface area (Å²) in [6.07, 6.45) is 5.71. The van der Waals surface area contributed by atoms with E-state index in [0.29, 0.717) is 0 Å². The molecule has 0 aromatic carbocycles. The zero-order valence-electron chi connectivity index (χ0n) is 14.4. The first-order valence-corrected chi connectivity index (χ1v) is 8.62. The van der Waals surface area contributed by atoms with Gasteiger partial charge in [0.05, 0.1) is 0 Å². The molecule has 0 bridgehead atoms. The smallest absolute Gasteiger partial charge is 0.322 e. The fraction of sp³-hybridized carbons (Fsp3) is 0.812. The maximum atomic E-state index is 12.0. The van der Waals surface area contributed by atoms with Crippen LogP contribution in [-0.4, -0.2) is 55.0 Å². The zero-order valence-corrected chi connectivity index (χ0v) is 16.8. The summed E-state index contributed by atoms with van der Waals surface area (Å²) in [6, 6.07) is -0.377. The van der Waals surface area contributed by atoms with Gasteiger partial charge in [0.2, 0.25) is 0 Å². The summed E-state index contributed by atoms with van der Waals surface area (Å²) < 4.78 is 0. The second-order valence-electron chi connectivity index (χ2n) is 7.08. The van der Waals surface area contributed by atoms with Crippen molar-refractivity contribution in [2.24, 2.45) is 16.8 Å². The van der Waals surface area contributed by atoms with Gasteiger partial charge in [-0.05, 0) is 38.0 Å². The summed E-state index contributed by atoms with van der Waals surface area (Å²) in [6.45, 7) is 4.52. The normalized spacial score (nSPS) is 28.2. The molecule has 2 heterocycles. The van der Waals surface area contributed by atoms with Gasteiger partial charge in [-0.2, -0.15) is 0 Å². The van der Waals surface area contributed by atoms with Gasteiger partial charge in [-0.15, -0.1) is 24.0 Å². The van der Waals surface area contributed by atoms with Gasteiger partial charge in [-0.1, -0.05) is 12.8 Å². The molecule has 3 aliphatic rings. The molecule has 8 heteroatoms. The minimum Gasteiger partial charge on any atom is -0.356 e. The van der Waals surface area contributed by atoms with Crippen molar-refractivity contribution in [3.05, 3.63) is 0 Å². The Kier molecular flexibility index (Phi) is 6.33. The predicted octanol–water partition coefficient (Wildman–Crippen LogP) is 1.29. The van der Waals surface area contributed by atoms with Crippen molar-refractivity contribution in [2.75, 3.05) is 26.7 Å². The number of guanidine groups is 1. The molecule has 1 aliphatic carbocycles. The number of hydrogen-bond acceptors (Lipinski definition) is 3. The van der Waals surface area contributed by atoms with Gasteiger partial charge in [0.25, 0.3) is 5.91 Å². The molecule has 2 saturated heterocycles. The number of carbonyl (C=O) groups is 2. The van der Waals surface area contributed by atoms with Crippen molar-refractivity contribution in [3.63, 3.8) is 0 Å². The van der Waals surface area contributed by atoms with Crippen molar-refractivity contribution in [2.45, 2.75) is 44.6 Å². The van der Waals surface area contributed by atoms with Crippen LogP contribution in [0.3, 0.4) is 0 Å². The van der Waals surface area contributed by atoms with Crippen LogP contribution in [0.25, 0.3) is 0 Å². The third kappa shape index (κ3) is 4.12. The highest BCUT2D eigenvalue weighted by molar-refractivity contribution is 14.0. The Morgan fingerprint density at radius 2 is 1.96 bits per heavy atom. The molecule has 3 fully saturated rings. The summed E-state index contributed by atoms with van der Waals surface area (Å²) in [5, 5.41) is 8.60. The maximum absolute atomic E-state index is 12.0. The number of urea groups is 1. The summed E-state index contributed by atoms with van der Waals surface area (Å²) in [4.78, 5) is 30.1. The monoisotopic (exact) mass is 449 g/mol. The average Bonchev–Trinajstić information content (AvgIpc) is 3.31. The van der Waals surface area contributed by atoms with Crippen LogP contribution in [0.1, 0.15) is 39.0 Å². The van der Waals surface area contributed by atoms with E-state index in [4.69, 9.17) is 0 Å². The number of imide groups is 1. The first-order valence-electron chi connectivity index (χ1n) is 8.62. The van der Waals surface area contributed by atoms with E-state index in [0.717, 1.165) is 44.4 Å². The highest BCUT2D eigenvalue weighted by Gasteiger charge is 2.48. The Balaban J connectivity index is 0.00000208. The van der Waals surface area contributed by atoms with Gasteiger partial charge >= 0.3 is 6.03 Å². The highest BCUT2D eigenvalue weighted by Crippen LogP contribution is 2.32. The molecule has 2 aliphatic heterocycles. The second-order valence-corrected chi connectivity index (χ2v) is 7.08. The largest absolute Gasteiger partial charge is 0.356 e. The fourth-order valence-electron chi connectivity index (χ4n) is 3.64. The Hall–Kier alpha value is -1.06.